The Morgan fingerprint density at radius 1 is 0.379 bits per heavy atom. The summed E-state index contributed by atoms with van der Waals surface area (Å²) in [7, 11) is 0. The molecule has 1 fully saturated rings. The van der Waals surface area contributed by atoms with Gasteiger partial charge < -0.3 is 14.4 Å². The van der Waals surface area contributed by atoms with Gasteiger partial charge in [0.1, 0.15) is 0 Å². The van der Waals surface area contributed by atoms with Gasteiger partial charge in [0.2, 0.25) is 0 Å². The molecule has 1 atom stereocenters. The summed E-state index contributed by atoms with van der Waals surface area (Å²) in [5, 5.41) is 0. The molecule has 5 heteroatoms. The average Bonchev–Trinajstić information content (AvgIpc) is 3.23. The van der Waals surface area contributed by atoms with E-state index in [0.717, 1.165) is 56.3 Å². The molecule has 0 N–H and O–H groups in total. The lowest BCUT2D eigenvalue weighted by Crippen LogP contribution is -2.31. The molecule has 0 aliphatic carbocycles. The van der Waals surface area contributed by atoms with Crippen LogP contribution in [-0.4, -0.2) is 49.7 Å². The van der Waals surface area contributed by atoms with Gasteiger partial charge in [0.25, 0.3) is 0 Å². The molecule has 1 unspecified atom stereocenters. The molecular formula is C53H103NO4. The summed E-state index contributed by atoms with van der Waals surface area (Å²) in [6.07, 6.45) is 48.8. The third-order valence-corrected chi connectivity index (χ3v) is 13.5. The lowest BCUT2D eigenvalue weighted by atomic mass is 9.91. The number of esters is 2. The summed E-state index contributed by atoms with van der Waals surface area (Å²) in [6.45, 7) is 14.3. The Bertz CT molecular complexity index is 852. The van der Waals surface area contributed by atoms with Gasteiger partial charge in [-0.25, -0.2) is 0 Å². The van der Waals surface area contributed by atoms with E-state index in [0.29, 0.717) is 26.1 Å². The number of nitrogens with zero attached hydrogens (tertiary/aromatic N) is 1. The molecule has 1 heterocycles. The van der Waals surface area contributed by atoms with Crippen molar-refractivity contribution in [1.82, 2.24) is 4.90 Å². The fourth-order valence-electron chi connectivity index (χ4n) is 9.40. The van der Waals surface area contributed by atoms with Crippen molar-refractivity contribution >= 4 is 11.9 Å². The summed E-state index contributed by atoms with van der Waals surface area (Å²) in [4.78, 5) is 27.5. The largest absolute Gasteiger partial charge is 0.466 e. The van der Waals surface area contributed by atoms with Gasteiger partial charge in [-0.3, -0.25) is 9.59 Å². The van der Waals surface area contributed by atoms with Gasteiger partial charge in [-0.05, 0) is 82.3 Å². The Labute approximate surface area is 363 Å². The summed E-state index contributed by atoms with van der Waals surface area (Å²) < 4.78 is 11.3. The first-order valence-corrected chi connectivity index (χ1v) is 26.6. The number of piperidine rings is 1. The number of ether oxygens (including phenoxy) is 2. The van der Waals surface area contributed by atoms with E-state index >= 15 is 0 Å². The van der Waals surface area contributed by atoms with Crippen LogP contribution in [0.15, 0.2) is 0 Å². The van der Waals surface area contributed by atoms with Crippen LogP contribution in [0.2, 0.25) is 0 Å². The van der Waals surface area contributed by atoms with Crippen LogP contribution in [0.5, 0.6) is 0 Å². The number of carbonyl (C=O) groups is 2. The Hall–Kier alpha value is -1.10. The summed E-state index contributed by atoms with van der Waals surface area (Å²) in [6, 6.07) is 0. The minimum absolute atomic E-state index is 0.0262. The second-order valence-electron chi connectivity index (χ2n) is 19.0. The lowest BCUT2D eigenvalue weighted by Gasteiger charge is -2.28. The normalized spacial score (nSPS) is 14.1. The van der Waals surface area contributed by atoms with Crippen molar-refractivity contribution in [3.63, 3.8) is 0 Å². The first-order valence-electron chi connectivity index (χ1n) is 26.6. The highest BCUT2D eigenvalue weighted by atomic mass is 16.5. The second-order valence-corrected chi connectivity index (χ2v) is 19.0. The van der Waals surface area contributed by atoms with Crippen molar-refractivity contribution in [3.8, 4) is 0 Å². The fourth-order valence-corrected chi connectivity index (χ4v) is 9.40. The van der Waals surface area contributed by atoms with Crippen LogP contribution >= 0.6 is 0 Å². The first-order chi connectivity index (χ1) is 28.5. The molecule has 58 heavy (non-hydrogen) atoms. The SMILES string of the molecule is CCCCCC(CCCCC)CCOC(=O)CCCCCCCCCC(CCCCCCCCC(=O)OCCC(CCCCC)CCCCC)CCN1CCCCC1. The molecule has 0 radical (unpaired) electrons. The maximum absolute atomic E-state index is 12.4. The molecule has 1 aliphatic rings. The summed E-state index contributed by atoms with van der Waals surface area (Å²) in [5.74, 6) is 2.39. The Morgan fingerprint density at radius 2 is 0.690 bits per heavy atom. The zero-order valence-corrected chi connectivity index (χ0v) is 39.9. The zero-order chi connectivity index (χ0) is 42.0. The number of rotatable bonds is 44. The van der Waals surface area contributed by atoms with Gasteiger partial charge in [-0.2, -0.15) is 0 Å². The number of carbonyl (C=O) groups excluding carboxylic acids is 2. The highest BCUT2D eigenvalue weighted by Gasteiger charge is 2.15. The smallest absolute Gasteiger partial charge is 0.305 e. The van der Waals surface area contributed by atoms with Crippen LogP contribution in [0.4, 0.5) is 0 Å². The second kappa shape index (κ2) is 42.6. The van der Waals surface area contributed by atoms with Crippen LogP contribution in [-0.2, 0) is 19.1 Å². The van der Waals surface area contributed by atoms with Crippen molar-refractivity contribution in [3.05, 3.63) is 0 Å². The molecule has 0 aromatic heterocycles. The highest BCUT2D eigenvalue weighted by Crippen LogP contribution is 2.25. The van der Waals surface area contributed by atoms with Crippen molar-refractivity contribution in [1.29, 1.82) is 0 Å². The van der Waals surface area contributed by atoms with Gasteiger partial charge >= 0.3 is 11.9 Å². The van der Waals surface area contributed by atoms with Crippen molar-refractivity contribution < 1.29 is 19.1 Å². The molecule has 0 aromatic rings. The first kappa shape index (κ1) is 54.9. The Morgan fingerprint density at radius 3 is 1.05 bits per heavy atom. The number of unbranched alkanes of at least 4 members (excludes halogenated alkanes) is 19. The van der Waals surface area contributed by atoms with Gasteiger partial charge in [0, 0.05) is 12.8 Å². The Balaban J connectivity index is 2.17. The topological polar surface area (TPSA) is 55.8 Å². The maximum atomic E-state index is 12.4. The van der Waals surface area contributed by atoms with E-state index in [-0.39, 0.29) is 11.9 Å². The van der Waals surface area contributed by atoms with Gasteiger partial charge in [0.05, 0.1) is 13.2 Å². The van der Waals surface area contributed by atoms with Crippen LogP contribution in [0.3, 0.4) is 0 Å². The third-order valence-electron chi connectivity index (χ3n) is 13.5. The standard InChI is InChI=1S/C53H103NO4/c1-5-9-23-33-50(34-24-10-6-2)42-47-57-52(55)39-29-20-15-13-14-18-27-37-49(41-46-54-44-31-22-32-45-54)38-28-19-16-17-21-30-40-53(56)58-48-43-51(35-25-11-7-3)36-26-12-8-4/h49-51H,5-48H2,1-4H3. The summed E-state index contributed by atoms with van der Waals surface area (Å²) in [5.41, 5.74) is 0. The zero-order valence-electron chi connectivity index (χ0n) is 39.9. The number of likely N-dealkylation sites (tertiary alicyclic amines) is 1. The van der Waals surface area contributed by atoms with E-state index in [1.807, 2.05) is 0 Å². The Kier molecular flexibility index (Phi) is 40.3. The average molecular weight is 818 g/mol. The molecule has 0 amide bonds. The van der Waals surface area contributed by atoms with E-state index in [2.05, 4.69) is 32.6 Å². The monoisotopic (exact) mass is 818 g/mol. The molecule has 0 aromatic carbocycles. The number of hydrogen-bond acceptors (Lipinski definition) is 5. The molecule has 0 spiro atoms. The minimum atomic E-state index is 0.0262. The maximum Gasteiger partial charge on any atom is 0.305 e. The van der Waals surface area contributed by atoms with Crippen LogP contribution in [0, 0.1) is 17.8 Å². The van der Waals surface area contributed by atoms with E-state index in [4.69, 9.17) is 9.47 Å². The van der Waals surface area contributed by atoms with Crippen molar-refractivity contribution in [2.45, 2.75) is 278 Å². The predicted octanol–water partition coefficient (Wildman–Crippen LogP) is 16.5. The molecule has 5 nitrogen and oxygen atoms in total. The van der Waals surface area contributed by atoms with Crippen LogP contribution < -0.4 is 0 Å². The summed E-state index contributed by atoms with van der Waals surface area (Å²) >= 11 is 0. The minimum Gasteiger partial charge on any atom is -0.466 e. The molecule has 1 saturated heterocycles. The molecule has 1 rings (SSSR count). The number of hydrogen-bond donors (Lipinski definition) is 0. The van der Waals surface area contributed by atoms with Crippen molar-refractivity contribution in [2.24, 2.45) is 17.8 Å². The lowest BCUT2D eigenvalue weighted by molar-refractivity contribution is -0.145. The van der Waals surface area contributed by atoms with E-state index < -0.39 is 0 Å². The van der Waals surface area contributed by atoms with E-state index in [9.17, 15) is 9.59 Å². The fraction of sp³-hybridized carbons (Fsp3) is 0.962. The molecule has 1 aliphatic heterocycles. The molecule has 0 bridgehead atoms. The molecule has 0 saturated carbocycles. The van der Waals surface area contributed by atoms with Gasteiger partial charge in [-0.15, -0.1) is 0 Å². The van der Waals surface area contributed by atoms with Crippen molar-refractivity contribution in [2.75, 3.05) is 32.8 Å². The molecule has 344 valence electrons. The molecular weight excluding hydrogens is 715 g/mol. The quantitative estimate of drug-likeness (QED) is 0.0453. The van der Waals surface area contributed by atoms with E-state index in [1.165, 1.54) is 219 Å². The van der Waals surface area contributed by atoms with Crippen LogP contribution in [0.1, 0.15) is 278 Å². The van der Waals surface area contributed by atoms with Gasteiger partial charge in [0.15, 0.2) is 0 Å². The van der Waals surface area contributed by atoms with Crippen LogP contribution in [0.25, 0.3) is 0 Å². The third kappa shape index (κ3) is 35.6. The highest BCUT2D eigenvalue weighted by molar-refractivity contribution is 5.69. The predicted molar refractivity (Wildman–Crippen MR) is 252 cm³/mol. The van der Waals surface area contributed by atoms with E-state index in [1.54, 1.807) is 0 Å². The van der Waals surface area contributed by atoms with Gasteiger partial charge in [-0.1, -0.05) is 220 Å².